The maximum Gasteiger partial charge on any atom is 0.161 e. The molecule has 4 heteroatoms. The fourth-order valence-corrected chi connectivity index (χ4v) is 6.13. The van der Waals surface area contributed by atoms with E-state index in [0.29, 0.717) is 12.2 Å². The zero-order valence-corrected chi connectivity index (χ0v) is 18.7. The van der Waals surface area contributed by atoms with Crippen LogP contribution < -0.4 is 0 Å². The summed E-state index contributed by atoms with van der Waals surface area (Å²) in [5, 5.41) is 0. The second-order valence-corrected chi connectivity index (χ2v) is 9.45. The highest BCUT2D eigenvalue weighted by Gasteiger charge is 2.09. The van der Waals surface area contributed by atoms with Crippen LogP contribution in [0, 0.1) is 0 Å². The molecule has 0 N–H and O–H groups in total. The van der Waals surface area contributed by atoms with Gasteiger partial charge in [-0.05, 0) is 37.8 Å². The summed E-state index contributed by atoms with van der Waals surface area (Å²) >= 11 is 0. The lowest BCUT2D eigenvalue weighted by atomic mass is 10.1. The van der Waals surface area contributed by atoms with Gasteiger partial charge in [-0.25, -0.2) is 0 Å². The van der Waals surface area contributed by atoms with E-state index in [9.17, 15) is 0 Å². The molecule has 0 amide bonds. The molecular weight excluding hydrogens is 304 g/mol. The molecule has 22 heavy (non-hydrogen) atoms. The Morgan fingerprint density at radius 1 is 0.591 bits per heavy atom. The highest BCUT2D eigenvalue weighted by atomic mass is 28.2. The SMILES string of the molecule is CCCCC(CCC)O[SiH2]CC[SiH2]OC(CCC)CCCC. The summed E-state index contributed by atoms with van der Waals surface area (Å²) in [5.41, 5.74) is 0. The van der Waals surface area contributed by atoms with Crippen molar-refractivity contribution in [1.82, 2.24) is 0 Å². The van der Waals surface area contributed by atoms with Crippen molar-refractivity contribution in [2.75, 3.05) is 0 Å². The van der Waals surface area contributed by atoms with Crippen LogP contribution in [-0.2, 0) is 8.85 Å². The normalized spacial score (nSPS) is 15.3. The van der Waals surface area contributed by atoms with E-state index in [-0.39, 0.29) is 19.5 Å². The average Bonchev–Trinajstić information content (AvgIpc) is 2.53. The van der Waals surface area contributed by atoms with Crippen molar-refractivity contribution >= 4 is 19.5 Å². The molecule has 0 aliphatic carbocycles. The van der Waals surface area contributed by atoms with Crippen LogP contribution in [0.2, 0.25) is 12.1 Å². The van der Waals surface area contributed by atoms with Crippen LogP contribution in [0.3, 0.4) is 0 Å². The minimum atomic E-state index is -0.302. The van der Waals surface area contributed by atoms with Gasteiger partial charge < -0.3 is 8.85 Å². The smallest absolute Gasteiger partial charge is 0.161 e. The first-order valence-electron chi connectivity index (χ1n) is 10.0. The second kappa shape index (κ2) is 17.7. The molecule has 0 spiro atoms. The number of rotatable bonds is 17. The molecule has 0 aromatic rings. The highest BCUT2D eigenvalue weighted by molar-refractivity contribution is 6.34. The summed E-state index contributed by atoms with van der Waals surface area (Å²) in [6.45, 7) is 9.09. The van der Waals surface area contributed by atoms with E-state index in [4.69, 9.17) is 8.85 Å². The molecule has 0 saturated carbocycles. The molecule has 0 radical (unpaired) electrons. The van der Waals surface area contributed by atoms with E-state index in [1.165, 1.54) is 76.3 Å². The van der Waals surface area contributed by atoms with Gasteiger partial charge in [0.15, 0.2) is 19.5 Å². The van der Waals surface area contributed by atoms with E-state index in [1.54, 1.807) is 0 Å². The van der Waals surface area contributed by atoms with Gasteiger partial charge >= 0.3 is 0 Å². The third-order valence-corrected chi connectivity index (χ3v) is 8.22. The first kappa shape index (κ1) is 22.4. The van der Waals surface area contributed by atoms with Crippen molar-refractivity contribution in [2.24, 2.45) is 0 Å². The van der Waals surface area contributed by atoms with E-state index in [2.05, 4.69) is 27.7 Å². The Balaban J connectivity index is 3.63. The number of unbranched alkanes of at least 4 members (excludes halogenated alkanes) is 2. The molecule has 0 rings (SSSR count). The summed E-state index contributed by atoms with van der Waals surface area (Å²) in [6, 6.07) is 2.68. The fourth-order valence-electron chi connectivity index (χ4n) is 2.83. The molecule has 0 aromatic carbocycles. The minimum absolute atomic E-state index is 0.302. The summed E-state index contributed by atoms with van der Waals surface area (Å²) in [7, 11) is -0.604. The Morgan fingerprint density at radius 2 is 1.00 bits per heavy atom. The fraction of sp³-hybridized carbons (Fsp3) is 1.00. The zero-order chi connectivity index (χ0) is 16.5. The zero-order valence-electron chi connectivity index (χ0n) is 15.9. The summed E-state index contributed by atoms with van der Waals surface area (Å²) in [4.78, 5) is 0. The van der Waals surface area contributed by atoms with Gasteiger partial charge in [-0.15, -0.1) is 0 Å². The maximum absolute atomic E-state index is 6.21. The van der Waals surface area contributed by atoms with Gasteiger partial charge in [0.25, 0.3) is 0 Å². The van der Waals surface area contributed by atoms with Crippen molar-refractivity contribution in [2.45, 2.75) is 116 Å². The Hall–Kier alpha value is 0.354. The number of hydrogen-bond acceptors (Lipinski definition) is 2. The molecule has 0 bridgehead atoms. The van der Waals surface area contributed by atoms with Crippen molar-refractivity contribution < 1.29 is 8.85 Å². The van der Waals surface area contributed by atoms with Crippen LogP contribution in [0.1, 0.15) is 91.9 Å². The van der Waals surface area contributed by atoms with Crippen LogP contribution in [0.4, 0.5) is 0 Å². The lowest BCUT2D eigenvalue weighted by molar-refractivity contribution is 0.181. The molecule has 0 aromatic heterocycles. The van der Waals surface area contributed by atoms with Gasteiger partial charge in [0, 0.05) is 12.2 Å². The second-order valence-electron chi connectivity index (χ2n) is 6.55. The van der Waals surface area contributed by atoms with E-state index < -0.39 is 0 Å². The summed E-state index contributed by atoms with van der Waals surface area (Å²) in [6.07, 6.45) is 14.0. The highest BCUT2D eigenvalue weighted by Crippen LogP contribution is 2.13. The van der Waals surface area contributed by atoms with Gasteiger partial charge in [0.05, 0.1) is 0 Å². The molecule has 134 valence electrons. The molecule has 0 aliphatic heterocycles. The molecule has 2 unspecified atom stereocenters. The predicted molar refractivity (Wildman–Crippen MR) is 105 cm³/mol. The molecule has 2 atom stereocenters. The van der Waals surface area contributed by atoms with E-state index in [0.717, 1.165) is 0 Å². The first-order valence-corrected chi connectivity index (χ1v) is 13.2. The molecular formula is C18H42O2Si2. The standard InChI is InChI=1S/C18H42O2Si2/c1-5-9-13-17(11-7-3)19-21-15-16-22-20-18(12-8-4)14-10-6-2/h17-18H,5-16,21-22H2,1-4H3. The molecule has 0 saturated heterocycles. The topological polar surface area (TPSA) is 18.5 Å². The van der Waals surface area contributed by atoms with Gasteiger partial charge in [-0.2, -0.15) is 0 Å². The average molecular weight is 347 g/mol. The van der Waals surface area contributed by atoms with Crippen LogP contribution in [0.25, 0.3) is 0 Å². The van der Waals surface area contributed by atoms with E-state index in [1.807, 2.05) is 0 Å². The lowest BCUT2D eigenvalue weighted by Crippen LogP contribution is -2.18. The quantitative estimate of drug-likeness (QED) is 0.280. The van der Waals surface area contributed by atoms with Gasteiger partial charge in [-0.3, -0.25) is 0 Å². The third kappa shape index (κ3) is 14.0. The van der Waals surface area contributed by atoms with Crippen molar-refractivity contribution in [3.05, 3.63) is 0 Å². The first-order chi connectivity index (χ1) is 10.8. The van der Waals surface area contributed by atoms with Crippen molar-refractivity contribution in [1.29, 1.82) is 0 Å². The van der Waals surface area contributed by atoms with Crippen molar-refractivity contribution in [3.63, 3.8) is 0 Å². The molecule has 0 fully saturated rings. The van der Waals surface area contributed by atoms with Crippen LogP contribution in [0.5, 0.6) is 0 Å². The Morgan fingerprint density at radius 3 is 1.32 bits per heavy atom. The lowest BCUT2D eigenvalue weighted by Gasteiger charge is -2.18. The summed E-state index contributed by atoms with van der Waals surface area (Å²) < 4.78 is 12.4. The van der Waals surface area contributed by atoms with Gasteiger partial charge in [0.2, 0.25) is 0 Å². The summed E-state index contributed by atoms with van der Waals surface area (Å²) in [5.74, 6) is 0. The Kier molecular flexibility index (Phi) is 18.0. The molecule has 2 nitrogen and oxygen atoms in total. The predicted octanol–water partition coefficient (Wildman–Crippen LogP) is 4.74. The van der Waals surface area contributed by atoms with Crippen LogP contribution in [0.15, 0.2) is 0 Å². The van der Waals surface area contributed by atoms with E-state index >= 15 is 0 Å². The monoisotopic (exact) mass is 346 g/mol. The van der Waals surface area contributed by atoms with Crippen LogP contribution in [-0.4, -0.2) is 31.7 Å². The van der Waals surface area contributed by atoms with Crippen LogP contribution >= 0.6 is 0 Å². The Labute approximate surface area is 145 Å². The molecule has 0 heterocycles. The largest absolute Gasteiger partial charge is 0.421 e. The molecule has 0 aliphatic rings. The van der Waals surface area contributed by atoms with Gasteiger partial charge in [0.1, 0.15) is 0 Å². The number of hydrogen-bond donors (Lipinski definition) is 0. The van der Waals surface area contributed by atoms with Gasteiger partial charge in [-0.1, -0.05) is 66.2 Å². The van der Waals surface area contributed by atoms with Crippen molar-refractivity contribution in [3.8, 4) is 0 Å². The third-order valence-electron chi connectivity index (χ3n) is 4.23. The minimum Gasteiger partial charge on any atom is -0.421 e. The Bertz CT molecular complexity index is 193. The maximum atomic E-state index is 6.21.